The maximum atomic E-state index is 12.1. The van der Waals surface area contributed by atoms with E-state index in [1.165, 1.54) is 13.0 Å². The first-order valence-electron chi connectivity index (χ1n) is 7.35. The average Bonchev–Trinajstić information content (AvgIpc) is 2.47. The van der Waals surface area contributed by atoms with Gasteiger partial charge in [0.2, 0.25) is 0 Å². The van der Waals surface area contributed by atoms with Gasteiger partial charge in [0.25, 0.3) is 5.91 Å². The fourth-order valence-electron chi connectivity index (χ4n) is 2.51. The molecule has 1 unspecified atom stereocenters. The summed E-state index contributed by atoms with van der Waals surface area (Å²) in [6, 6.07) is 7.61. The highest BCUT2D eigenvalue weighted by Gasteiger charge is 2.14. The second-order valence-corrected chi connectivity index (χ2v) is 5.33. The minimum Gasteiger partial charge on any atom is -0.331 e. The van der Waals surface area contributed by atoms with Crippen molar-refractivity contribution >= 4 is 5.91 Å². The van der Waals surface area contributed by atoms with Gasteiger partial charge in [0.05, 0.1) is 19.6 Å². The van der Waals surface area contributed by atoms with Gasteiger partial charge in [-0.15, -0.1) is 0 Å². The van der Waals surface area contributed by atoms with E-state index < -0.39 is 0 Å². The molecule has 2 rings (SSSR count). The van der Waals surface area contributed by atoms with E-state index in [1.807, 2.05) is 31.2 Å². The largest absolute Gasteiger partial charge is 0.331 e. The number of hydrazine groups is 1. The van der Waals surface area contributed by atoms with Crippen molar-refractivity contribution in [2.75, 3.05) is 19.6 Å². The molecule has 0 aromatic heterocycles. The van der Waals surface area contributed by atoms with Gasteiger partial charge in [0, 0.05) is 17.7 Å². The van der Waals surface area contributed by atoms with Gasteiger partial charge >= 0.3 is 0 Å². The maximum absolute atomic E-state index is 12.1. The van der Waals surface area contributed by atoms with Gasteiger partial charge in [-0.1, -0.05) is 25.1 Å². The highest BCUT2D eigenvalue weighted by Crippen LogP contribution is 2.06. The number of nitrogens with one attached hydrogen (secondary N) is 3. The van der Waals surface area contributed by atoms with Crippen molar-refractivity contribution in [2.45, 2.75) is 26.7 Å². The maximum Gasteiger partial charge on any atom is 0.269 e. The molecule has 0 fully saturated rings. The molecular weight excluding hydrogens is 250 g/mol. The molecule has 3 N–H and O–H groups in total. The number of hydrogen-bond donors (Lipinski definition) is 3. The topological polar surface area (TPSA) is 45.6 Å². The summed E-state index contributed by atoms with van der Waals surface area (Å²) in [5.74, 6) is -0.0765. The summed E-state index contributed by atoms with van der Waals surface area (Å²) in [5, 5.41) is 0. The third kappa shape index (κ3) is 3.84. The number of hydrogen-bond acceptors (Lipinski definition) is 2. The second kappa shape index (κ2) is 7.10. The Morgan fingerprint density at radius 2 is 2.15 bits per heavy atom. The van der Waals surface area contributed by atoms with Gasteiger partial charge in [-0.05, 0) is 31.1 Å². The van der Waals surface area contributed by atoms with Crippen LogP contribution in [0.5, 0.6) is 0 Å². The lowest BCUT2D eigenvalue weighted by Crippen LogP contribution is -3.12. The van der Waals surface area contributed by atoms with Crippen LogP contribution >= 0.6 is 0 Å². The van der Waals surface area contributed by atoms with Crippen molar-refractivity contribution in [2.24, 2.45) is 0 Å². The molecule has 0 radical (unpaired) electrons. The molecule has 20 heavy (non-hydrogen) atoms. The van der Waals surface area contributed by atoms with E-state index in [-0.39, 0.29) is 5.91 Å². The smallest absolute Gasteiger partial charge is 0.269 e. The van der Waals surface area contributed by atoms with Gasteiger partial charge in [0.1, 0.15) is 0 Å². The predicted octanol–water partition coefficient (Wildman–Crippen LogP) is 0.812. The van der Waals surface area contributed by atoms with Crippen molar-refractivity contribution < 1.29 is 9.69 Å². The van der Waals surface area contributed by atoms with Crippen LogP contribution in [0.3, 0.4) is 0 Å². The van der Waals surface area contributed by atoms with E-state index in [4.69, 9.17) is 0 Å². The van der Waals surface area contributed by atoms with Crippen LogP contribution in [0.2, 0.25) is 0 Å². The van der Waals surface area contributed by atoms with Gasteiger partial charge in [-0.3, -0.25) is 10.2 Å². The summed E-state index contributed by atoms with van der Waals surface area (Å²) in [5.41, 5.74) is 8.67. The van der Waals surface area contributed by atoms with Gasteiger partial charge in [-0.2, -0.15) is 0 Å². The van der Waals surface area contributed by atoms with Crippen LogP contribution in [0.15, 0.2) is 36.0 Å². The number of carbonyl (C=O) groups excluding carboxylic acids is 1. The van der Waals surface area contributed by atoms with Gasteiger partial charge in [0.15, 0.2) is 0 Å². The fourth-order valence-corrected chi connectivity index (χ4v) is 2.51. The molecule has 0 aliphatic carbocycles. The number of quaternary nitrogens is 1. The van der Waals surface area contributed by atoms with Crippen LogP contribution in [0, 0.1) is 6.92 Å². The third-order valence-corrected chi connectivity index (χ3v) is 3.71. The Bertz CT molecular complexity index is 496. The Morgan fingerprint density at radius 1 is 1.35 bits per heavy atom. The average molecular weight is 274 g/mol. The Hall–Kier alpha value is -1.81. The summed E-state index contributed by atoms with van der Waals surface area (Å²) >= 11 is 0. The molecule has 1 aliphatic rings. The van der Waals surface area contributed by atoms with Gasteiger partial charge in [-0.25, -0.2) is 0 Å². The molecule has 4 heteroatoms. The van der Waals surface area contributed by atoms with Crippen LogP contribution in [-0.4, -0.2) is 25.5 Å². The van der Waals surface area contributed by atoms with Crippen molar-refractivity contribution in [1.82, 2.24) is 10.9 Å². The Morgan fingerprint density at radius 3 is 2.80 bits per heavy atom. The quantitative estimate of drug-likeness (QED) is 0.696. The third-order valence-electron chi connectivity index (χ3n) is 3.71. The molecule has 0 saturated heterocycles. The van der Waals surface area contributed by atoms with E-state index in [9.17, 15) is 4.79 Å². The van der Waals surface area contributed by atoms with Crippen molar-refractivity contribution in [3.05, 3.63) is 47.2 Å². The monoisotopic (exact) mass is 274 g/mol. The first-order valence-corrected chi connectivity index (χ1v) is 7.35. The summed E-state index contributed by atoms with van der Waals surface area (Å²) in [6.45, 7) is 7.55. The van der Waals surface area contributed by atoms with Crippen LogP contribution in [0.1, 0.15) is 35.7 Å². The molecule has 0 bridgehead atoms. The van der Waals surface area contributed by atoms with Crippen molar-refractivity contribution in [3.63, 3.8) is 0 Å². The van der Waals surface area contributed by atoms with Crippen LogP contribution in [0.4, 0.5) is 0 Å². The summed E-state index contributed by atoms with van der Waals surface area (Å²) in [7, 11) is 0. The zero-order valence-electron chi connectivity index (χ0n) is 12.3. The zero-order valence-corrected chi connectivity index (χ0v) is 12.3. The van der Waals surface area contributed by atoms with E-state index in [0.717, 1.165) is 36.3 Å². The molecule has 0 spiro atoms. The molecule has 108 valence electrons. The molecule has 1 amide bonds. The standard InChI is InChI=1S/C16H23N3O/c1-3-10-19-11-8-14(9-12-19)17-18-16(20)15-7-5-4-6-13(15)2/h4-8,17H,3,9-12H2,1-2H3,(H,18,20)/p+1. The molecule has 1 aromatic carbocycles. The molecular formula is C16H24N3O+. The van der Waals surface area contributed by atoms with E-state index in [0.29, 0.717) is 0 Å². The molecule has 1 atom stereocenters. The lowest BCUT2D eigenvalue weighted by atomic mass is 10.1. The first-order chi connectivity index (χ1) is 9.70. The predicted molar refractivity (Wildman–Crippen MR) is 80.3 cm³/mol. The molecule has 0 saturated carbocycles. The molecule has 1 aliphatic heterocycles. The minimum atomic E-state index is -0.0765. The van der Waals surface area contributed by atoms with Crippen molar-refractivity contribution in [1.29, 1.82) is 0 Å². The van der Waals surface area contributed by atoms with E-state index in [2.05, 4.69) is 23.9 Å². The Labute approximate surface area is 120 Å². The van der Waals surface area contributed by atoms with E-state index in [1.54, 1.807) is 4.90 Å². The Kier molecular flexibility index (Phi) is 5.18. The van der Waals surface area contributed by atoms with Crippen LogP contribution in [0.25, 0.3) is 0 Å². The summed E-state index contributed by atoms with van der Waals surface area (Å²) in [4.78, 5) is 13.7. The molecule has 1 heterocycles. The van der Waals surface area contributed by atoms with Crippen LogP contribution < -0.4 is 15.8 Å². The number of aryl methyl sites for hydroxylation is 1. The van der Waals surface area contributed by atoms with Crippen LogP contribution in [-0.2, 0) is 0 Å². The Balaban J connectivity index is 1.84. The molecule has 1 aromatic rings. The lowest BCUT2D eigenvalue weighted by Gasteiger charge is -2.23. The fraction of sp³-hybridized carbons (Fsp3) is 0.438. The van der Waals surface area contributed by atoms with Gasteiger partial charge < -0.3 is 10.3 Å². The van der Waals surface area contributed by atoms with Crippen molar-refractivity contribution in [3.8, 4) is 0 Å². The number of carbonyl (C=O) groups is 1. The zero-order chi connectivity index (χ0) is 14.4. The second-order valence-electron chi connectivity index (χ2n) is 5.33. The summed E-state index contributed by atoms with van der Waals surface area (Å²) in [6.07, 6.45) is 4.39. The number of amides is 1. The first kappa shape index (κ1) is 14.6. The summed E-state index contributed by atoms with van der Waals surface area (Å²) < 4.78 is 0. The normalized spacial score (nSPS) is 18.3. The lowest BCUT2D eigenvalue weighted by molar-refractivity contribution is -0.895. The SMILES string of the molecule is CCC[NH+]1CC=C(NNC(=O)c2ccccc2C)CC1. The highest BCUT2D eigenvalue weighted by molar-refractivity contribution is 5.95. The van der Waals surface area contributed by atoms with E-state index >= 15 is 0 Å². The minimum absolute atomic E-state index is 0.0765. The number of benzene rings is 1. The highest BCUT2D eigenvalue weighted by atomic mass is 16.2. The molecule has 4 nitrogen and oxygen atoms in total. The number of rotatable bonds is 5.